The van der Waals surface area contributed by atoms with Gasteiger partial charge in [-0.15, -0.1) is 0 Å². The van der Waals surface area contributed by atoms with Crippen LogP contribution in [0.3, 0.4) is 0 Å². The highest BCUT2D eigenvalue weighted by molar-refractivity contribution is 4.81. The Kier molecular flexibility index (Phi) is 10.6. The van der Waals surface area contributed by atoms with Crippen molar-refractivity contribution in [1.82, 2.24) is 0 Å². The fraction of sp³-hybridized carbons (Fsp3) is 1.00. The van der Waals surface area contributed by atoms with Crippen LogP contribution in [0, 0.1) is 11.3 Å². The van der Waals surface area contributed by atoms with E-state index in [2.05, 4.69) is 27.7 Å². The fourth-order valence-electron chi connectivity index (χ4n) is 2.78. The number of unbranched alkanes of at least 4 members (excludes halogenated alkanes) is 4. The van der Waals surface area contributed by atoms with E-state index in [1.54, 1.807) is 0 Å². The molecule has 0 aliphatic rings. The Balaban J connectivity index is 4.46. The van der Waals surface area contributed by atoms with Gasteiger partial charge in [0.1, 0.15) is 0 Å². The zero-order chi connectivity index (χ0) is 14.7. The number of aliphatic hydroxyl groups is 1. The predicted molar refractivity (Wildman–Crippen MR) is 83.2 cm³/mol. The first-order chi connectivity index (χ1) is 9.01. The fourth-order valence-corrected chi connectivity index (χ4v) is 2.78. The second kappa shape index (κ2) is 10.7. The van der Waals surface area contributed by atoms with Gasteiger partial charge in [0.15, 0.2) is 6.29 Å². The molecule has 0 saturated carbocycles. The SMILES string of the molecule is CCCCCCC(C)(CCCC)[C@H](C)[C@@H](O)OCC. The summed E-state index contributed by atoms with van der Waals surface area (Å²) in [7, 11) is 0. The lowest BCUT2D eigenvalue weighted by molar-refractivity contribution is -0.156. The molecule has 3 atom stereocenters. The van der Waals surface area contributed by atoms with E-state index in [9.17, 15) is 5.11 Å². The van der Waals surface area contributed by atoms with Crippen molar-refractivity contribution in [3.8, 4) is 0 Å². The summed E-state index contributed by atoms with van der Waals surface area (Å²) >= 11 is 0. The lowest BCUT2D eigenvalue weighted by atomic mass is 9.70. The van der Waals surface area contributed by atoms with Crippen LogP contribution >= 0.6 is 0 Å². The second-order valence-corrected chi connectivity index (χ2v) is 6.20. The van der Waals surface area contributed by atoms with Crippen molar-refractivity contribution >= 4 is 0 Å². The maximum absolute atomic E-state index is 10.1. The van der Waals surface area contributed by atoms with Gasteiger partial charge < -0.3 is 9.84 Å². The van der Waals surface area contributed by atoms with Crippen LogP contribution in [-0.4, -0.2) is 18.0 Å². The molecular weight excluding hydrogens is 236 g/mol. The van der Waals surface area contributed by atoms with Crippen LogP contribution in [0.5, 0.6) is 0 Å². The summed E-state index contributed by atoms with van der Waals surface area (Å²) in [5.41, 5.74) is 0.207. The Hall–Kier alpha value is -0.0800. The summed E-state index contributed by atoms with van der Waals surface area (Å²) in [6.45, 7) is 11.5. The zero-order valence-corrected chi connectivity index (χ0v) is 13.9. The molecule has 0 heterocycles. The number of aliphatic hydroxyl groups excluding tert-OH is 1. The largest absolute Gasteiger partial charge is 0.368 e. The van der Waals surface area contributed by atoms with Crippen LogP contribution in [0.15, 0.2) is 0 Å². The highest BCUT2D eigenvalue weighted by atomic mass is 16.6. The molecule has 0 aromatic heterocycles. The smallest absolute Gasteiger partial charge is 0.157 e. The van der Waals surface area contributed by atoms with Crippen molar-refractivity contribution in [2.75, 3.05) is 6.61 Å². The molecule has 0 bridgehead atoms. The van der Waals surface area contributed by atoms with E-state index in [1.807, 2.05) is 6.92 Å². The van der Waals surface area contributed by atoms with Gasteiger partial charge in [-0.2, -0.15) is 0 Å². The maximum Gasteiger partial charge on any atom is 0.157 e. The van der Waals surface area contributed by atoms with Crippen molar-refractivity contribution < 1.29 is 9.84 Å². The van der Waals surface area contributed by atoms with Crippen molar-refractivity contribution in [3.05, 3.63) is 0 Å². The molecule has 19 heavy (non-hydrogen) atoms. The summed E-state index contributed by atoms with van der Waals surface area (Å²) < 4.78 is 5.41. The van der Waals surface area contributed by atoms with E-state index in [0.717, 1.165) is 0 Å². The average Bonchev–Trinajstić information content (AvgIpc) is 2.41. The molecule has 0 fully saturated rings. The molecule has 1 unspecified atom stereocenters. The summed E-state index contributed by atoms with van der Waals surface area (Å²) in [5.74, 6) is 0.209. The van der Waals surface area contributed by atoms with Crippen molar-refractivity contribution in [3.63, 3.8) is 0 Å². The van der Waals surface area contributed by atoms with E-state index in [4.69, 9.17) is 4.74 Å². The van der Waals surface area contributed by atoms with Gasteiger partial charge in [0.05, 0.1) is 0 Å². The van der Waals surface area contributed by atoms with E-state index in [-0.39, 0.29) is 11.3 Å². The summed E-state index contributed by atoms with van der Waals surface area (Å²) in [6.07, 6.45) is 9.45. The minimum Gasteiger partial charge on any atom is -0.368 e. The summed E-state index contributed by atoms with van der Waals surface area (Å²) in [4.78, 5) is 0. The van der Waals surface area contributed by atoms with Crippen molar-refractivity contribution in [2.24, 2.45) is 11.3 Å². The van der Waals surface area contributed by atoms with Gasteiger partial charge in [-0.1, -0.05) is 66.2 Å². The third-order valence-electron chi connectivity index (χ3n) is 4.57. The molecule has 0 amide bonds. The molecular formula is C17H36O2. The van der Waals surface area contributed by atoms with Gasteiger partial charge in [0.25, 0.3) is 0 Å². The second-order valence-electron chi connectivity index (χ2n) is 6.20. The van der Waals surface area contributed by atoms with E-state index in [1.165, 1.54) is 51.4 Å². The quantitative estimate of drug-likeness (QED) is 0.393. The van der Waals surface area contributed by atoms with Gasteiger partial charge in [-0.05, 0) is 25.2 Å². The van der Waals surface area contributed by atoms with Gasteiger partial charge in [0.2, 0.25) is 0 Å². The summed E-state index contributed by atoms with van der Waals surface area (Å²) in [6, 6.07) is 0. The number of ether oxygens (including phenoxy) is 1. The topological polar surface area (TPSA) is 29.5 Å². The van der Waals surface area contributed by atoms with Gasteiger partial charge in [-0.3, -0.25) is 0 Å². The molecule has 2 heteroatoms. The molecule has 0 radical (unpaired) electrons. The maximum atomic E-state index is 10.1. The Morgan fingerprint density at radius 1 is 0.947 bits per heavy atom. The van der Waals surface area contributed by atoms with E-state index >= 15 is 0 Å². The highest BCUT2D eigenvalue weighted by Crippen LogP contribution is 2.40. The molecule has 0 spiro atoms. The summed E-state index contributed by atoms with van der Waals surface area (Å²) in [5, 5.41) is 10.1. The van der Waals surface area contributed by atoms with Crippen molar-refractivity contribution in [2.45, 2.75) is 92.3 Å². The normalized spacial score (nSPS) is 18.0. The van der Waals surface area contributed by atoms with Crippen LogP contribution in [0.2, 0.25) is 0 Å². The van der Waals surface area contributed by atoms with Crippen LogP contribution in [0.25, 0.3) is 0 Å². The Bertz CT molecular complexity index is 205. The Morgan fingerprint density at radius 3 is 2.05 bits per heavy atom. The Morgan fingerprint density at radius 2 is 1.53 bits per heavy atom. The molecule has 0 saturated heterocycles. The number of hydrogen-bond acceptors (Lipinski definition) is 2. The van der Waals surface area contributed by atoms with Gasteiger partial charge >= 0.3 is 0 Å². The molecule has 0 rings (SSSR count). The molecule has 0 aromatic rings. The monoisotopic (exact) mass is 272 g/mol. The van der Waals surface area contributed by atoms with E-state index < -0.39 is 6.29 Å². The molecule has 0 aliphatic heterocycles. The molecule has 2 nitrogen and oxygen atoms in total. The first-order valence-corrected chi connectivity index (χ1v) is 8.31. The molecule has 0 aliphatic carbocycles. The predicted octanol–water partition coefficient (Wildman–Crippen LogP) is 5.14. The van der Waals surface area contributed by atoms with Gasteiger partial charge in [-0.25, -0.2) is 0 Å². The van der Waals surface area contributed by atoms with Crippen LogP contribution < -0.4 is 0 Å². The third-order valence-corrected chi connectivity index (χ3v) is 4.57. The average molecular weight is 272 g/mol. The first kappa shape index (κ1) is 18.9. The molecule has 1 N–H and O–H groups in total. The van der Waals surface area contributed by atoms with Crippen LogP contribution in [0.4, 0.5) is 0 Å². The minimum absolute atomic E-state index is 0.207. The number of rotatable bonds is 12. The van der Waals surface area contributed by atoms with Crippen LogP contribution in [-0.2, 0) is 4.74 Å². The standard InChI is InChI=1S/C17H36O2/c1-6-9-11-12-14-17(5,13-10-7-2)15(4)16(18)19-8-3/h15-16,18H,6-14H2,1-5H3/t15-,16+,17?/m1/s1. The number of hydrogen-bond donors (Lipinski definition) is 1. The Labute approximate surface area is 120 Å². The van der Waals surface area contributed by atoms with E-state index in [0.29, 0.717) is 6.61 Å². The minimum atomic E-state index is -0.613. The highest BCUT2D eigenvalue weighted by Gasteiger charge is 2.34. The van der Waals surface area contributed by atoms with Gasteiger partial charge in [0, 0.05) is 12.5 Å². The molecule has 116 valence electrons. The lowest BCUT2D eigenvalue weighted by Crippen LogP contribution is -2.36. The van der Waals surface area contributed by atoms with Crippen LogP contribution in [0.1, 0.15) is 86.0 Å². The molecule has 0 aromatic carbocycles. The van der Waals surface area contributed by atoms with Crippen molar-refractivity contribution in [1.29, 1.82) is 0 Å². The first-order valence-electron chi connectivity index (χ1n) is 8.31. The third kappa shape index (κ3) is 7.31. The lowest BCUT2D eigenvalue weighted by Gasteiger charge is -2.38. The zero-order valence-electron chi connectivity index (χ0n) is 13.9.